The van der Waals surface area contributed by atoms with Crippen LogP contribution in [0.4, 0.5) is 0 Å². The highest BCUT2D eigenvalue weighted by Crippen LogP contribution is 2.03. The third-order valence-corrected chi connectivity index (χ3v) is 2.22. The smallest absolute Gasteiger partial charge is 0.145 e. The third-order valence-electron chi connectivity index (χ3n) is 1.42. The van der Waals surface area contributed by atoms with Crippen LogP contribution in [0.25, 0.3) is 0 Å². The fourth-order valence-electron chi connectivity index (χ4n) is 0.545. The minimum Gasteiger partial charge on any atom is -0.298 e. The maximum atomic E-state index is 10.2. The first-order chi connectivity index (χ1) is 6.20. The van der Waals surface area contributed by atoms with Gasteiger partial charge < -0.3 is 0 Å². The van der Waals surface area contributed by atoms with Gasteiger partial charge in [0.15, 0.2) is 0 Å². The molecule has 0 saturated carbocycles. The Morgan fingerprint density at radius 3 is 1.69 bits per heavy atom. The molecule has 0 atom stereocenters. The first-order valence-electron chi connectivity index (χ1n) is 4.02. The van der Waals surface area contributed by atoms with Crippen molar-refractivity contribution in [1.29, 1.82) is 0 Å². The molecule has 0 unspecified atom stereocenters. The van der Waals surface area contributed by atoms with E-state index in [1.165, 1.54) is 0 Å². The van der Waals surface area contributed by atoms with E-state index < -0.39 is 0 Å². The fraction of sp³-hybridized carbons (Fsp3) is 0.400. The van der Waals surface area contributed by atoms with Gasteiger partial charge in [-0.1, -0.05) is 12.2 Å². The lowest BCUT2D eigenvalue weighted by Gasteiger charge is -1.92. The number of hydrogen-bond acceptors (Lipinski definition) is 3. The van der Waals surface area contributed by atoms with Gasteiger partial charge in [0.25, 0.3) is 0 Å². The van der Waals surface area contributed by atoms with E-state index >= 15 is 0 Å². The molecule has 0 heterocycles. The summed E-state index contributed by atoms with van der Waals surface area (Å²) >= 11 is 1.67. The molecule has 0 rings (SSSR count). The van der Waals surface area contributed by atoms with Crippen LogP contribution in [0.1, 0.15) is 13.8 Å². The zero-order valence-corrected chi connectivity index (χ0v) is 8.76. The molecular formula is C10H14O2S. The maximum absolute atomic E-state index is 10.2. The molecule has 0 radical (unpaired) electrons. The van der Waals surface area contributed by atoms with Gasteiger partial charge in [-0.15, -0.1) is 0 Å². The second-order valence-electron chi connectivity index (χ2n) is 2.67. The third kappa shape index (κ3) is 7.53. The molecule has 72 valence electrons. The van der Waals surface area contributed by atoms with Crippen molar-refractivity contribution in [2.75, 3.05) is 11.5 Å². The second-order valence-corrected chi connectivity index (χ2v) is 3.74. The molecule has 0 N–H and O–H groups in total. The van der Waals surface area contributed by atoms with Crippen molar-refractivity contribution < 1.29 is 9.59 Å². The van der Waals surface area contributed by atoms with E-state index in [0.29, 0.717) is 0 Å². The molecule has 0 fully saturated rings. The van der Waals surface area contributed by atoms with Crippen molar-refractivity contribution in [3.63, 3.8) is 0 Å². The van der Waals surface area contributed by atoms with Crippen molar-refractivity contribution in [3.05, 3.63) is 23.3 Å². The molecule has 3 heteroatoms. The van der Waals surface area contributed by atoms with E-state index in [0.717, 1.165) is 35.2 Å². The van der Waals surface area contributed by atoms with Crippen LogP contribution in [0.5, 0.6) is 0 Å². The summed E-state index contributed by atoms with van der Waals surface area (Å²) < 4.78 is 0. The Labute approximate surface area is 83.1 Å². The topological polar surface area (TPSA) is 34.1 Å². The normalized spacial score (nSPS) is 12.8. The first-order valence-corrected chi connectivity index (χ1v) is 5.17. The molecule has 0 amide bonds. The van der Waals surface area contributed by atoms with Crippen LogP contribution < -0.4 is 0 Å². The highest BCUT2D eigenvalue weighted by Gasteiger charge is 1.87. The molecule has 0 aromatic heterocycles. The molecule has 0 bridgehead atoms. The number of hydrogen-bond donors (Lipinski definition) is 0. The van der Waals surface area contributed by atoms with Gasteiger partial charge in [-0.2, -0.15) is 11.8 Å². The van der Waals surface area contributed by atoms with E-state index in [2.05, 4.69) is 0 Å². The lowest BCUT2D eigenvalue weighted by atomic mass is 10.3. The van der Waals surface area contributed by atoms with E-state index in [4.69, 9.17) is 0 Å². The summed E-state index contributed by atoms with van der Waals surface area (Å²) in [4.78, 5) is 20.4. The van der Waals surface area contributed by atoms with Crippen LogP contribution in [-0.4, -0.2) is 24.1 Å². The van der Waals surface area contributed by atoms with Crippen LogP contribution in [0.15, 0.2) is 23.3 Å². The maximum Gasteiger partial charge on any atom is 0.145 e. The summed E-state index contributed by atoms with van der Waals surface area (Å²) in [5, 5.41) is 0. The van der Waals surface area contributed by atoms with Crippen molar-refractivity contribution in [2.24, 2.45) is 0 Å². The van der Waals surface area contributed by atoms with Gasteiger partial charge in [-0.3, -0.25) is 9.59 Å². The molecule has 0 aliphatic rings. The minimum atomic E-state index is 0.753. The van der Waals surface area contributed by atoms with Gasteiger partial charge in [0.05, 0.1) is 0 Å². The zero-order valence-electron chi connectivity index (χ0n) is 7.95. The van der Waals surface area contributed by atoms with E-state index in [1.807, 2.05) is 12.2 Å². The van der Waals surface area contributed by atoms with Gasteiger partial charge in [-0.05, 0) is 25.0 Å². The highest BCUT2D eigenvalue weighted by atomic mass is 32.2. The van der Waals surface area contributed by atoms with Crippen molar-refractivity contribution >= 4 is 24.3 Å². The quantitative estimate of drug-likeness (QED) is 0.372. The van der Waals surface area contributed by atoms with E-state index in [1.54, 1.807) is 25.6 Å². The van der Waals surface area contributed by atoms with Gasteiger partial charge >= 0.3 is 0 Å². The number of carbonyl (C=O) groups excluding carboxylic acids is 2. The molecule has 0 spiro atoms. The van der Waals surface area contributed by atoms with Crippen molar-refractivity contribution in [2.45, 2.75) is 13.8 Å². The number of thioether (sulfide) groups is 1. The van der Waals surface area contributed by atoms with Gasteiger partial charge in [-0.25, -0.2) is 0 Å². The van der Waals surface area contributed by atoms with Crippen LogP contribution >= 0.6 is 11.8 Å². The fourth-order valence-corrected chi connectivity index (χ4v) is 1.44. The molecule has 13 heavy (non-hydrogen) atoms. The summed E-state index contributed by atoms with van der Waals surface area (Å²) in [6.07, 6.45) is 5.43. The number of aldehydes is 2. The Bertz CT molecular complexity index is 205. The Hall–Kier alpha value is -0.830. The number of allylic oxidation sites excluding steroid dienone is 2. The molecule has 0 aliphatic heterocycles. The Morgan fingerprint density at radius 1 is 1.00 bits per heavy atom. The average molecular weight is 198 g/mol. The SMILES string of the molecule is CC(C=O)=CCSCC=C(C)C=O. The van der Waals surface area contributed by atoms with E-state index in [-0.39, 0.29) is 0 Å². The predicted octanol–water partition coefficient (Wildman–Crippen LogP) is 2.01. The highest BCUT2D eigenvalue weighted by molar-refractivity contribution is 7.99. The van der Waals surface area contributed by atoms with Gasteiger partial charge in [0.1, 0.15) is 12.6 Å². The second kappa shape index (κ2) is 7.80. The summed E-state index contributed by atoms with van der Waals surface area (Å²) in [7, 11) is 0. The van der Waals surface area contributed by atoms with Crippen LogP contribution in [-0.2, 0) is 9.59 Å². The van der Waals surface area contributed by atoms with Gasteiger partial charge in [0.2, 0.25) is 0 Å². The molecule has 0 saturated heterocycles. The summed E-state index contributed by atoms with van der Waals surface area (Å²) in [6.45, 7) is 3.56. The number of rotatable bonds is 6. The van der Waals surface area contributed by atoms with Crippen LogP contribution in [0.3, 0.4) is 0 Å². The van der Waals surface area contributed by atoms with Crippen LogP contribution in [0.2, 0.25) is 0 Å². The lowest BCUT2D eigenvalue weighted by molar-refractivity contribution is -0.105. The first kappa shape index (κ1) is 12.2. The molecule has 2 nitrogen and oxygen atoms in total. The summed E-state index contributed by atoms with van der Waals surface area (Å²) in [5.41, 5.74) is 1.51. The molecule has 0 aromatic carbocycles. The average Bonchev–Trinajstić information content (AvgIpc) is 2.16. The standard InChI is InChI=1S/C10H14O2S/c1-9(7-11)3-5-13-6-4-10(2)8-12/h3-4,7-8H,5-6H2,1-2H3. The minimum absolute atomic E-state index is 0.753. The molecule has 0 aliphatic carbocycles. The van der Waals surface area contributed by atoms with Crippen molar-refractivity contribution in [1.82, 2.24) is 0 Å². The van der Waals surface area contributed by atoms with Gasteiger partial charge in [0, 0.05) is 11.5 Å². The number of carbonyl (C=O) groups is 2. The lowest BCUT2D eigenvalue weighted by Crippen LogP contribution is -1.82. The summed E-state index contributed by atoms with van der Waals surface area (Å²) in [6, 6.07) is 0. The largest absolute Gasteiger partial charge is 0.298 e. The Morgan fingerprint density at radius 2 is 1.38 bits per heavy atom. The zero-order chi connectivity index (χ0) is 10.1. The van der Waals surface area contributed by atoms with E-state index in [9.17, 15) is 9.59 Å². The van der Waals surface area contributed by atoms with Crippen molar-refractivity contribution in [3.8, 4) is 0 Å². The molecule has 0 aromatic rings. The molecular weight excluding hydrogens is 184 g/mol. The van der Waals surface area contributed by atoms with Crippen LogP contribution in [0, 0.1) is 0 Å². The monoisotopic (exact) mass is 198 g/mol. The predicted molar refractivity (Wildman–Crippen MR) is 57.0 cm³/mol. The summed E-state index contributed by atoms with van der Waals surface area (Å²) in [5.74, 6) is 1.63. The Balaban J connectivity index is 3.58. The Kier molecular flexibility index (Phi) is 7.30.